The molecule has 2 saturated heterocycles. The fourth-order valence-electron chi connectivity index (χ4n) is 6.44. The zero-order valence-corrected chi connectivity index (χ0v) is 27.6. The third kappa shape index (κ3) is 7.32. The van der Waals surface area contributed by atoms with Gasteiger partial charge in [-0.05, 0) is 66.9 Å². The minimum atomic E-state index is -4.79. The van der Waals surface area contributed by atoms with Crippen LogP contribution in [-0.4, -0.2) is 79.5 Å². The average Bonchev–Trinajstić information content (AvgIpc) is 3.29. The maximum absolute atomic E-state index is 14.8. The van der Waals surface area contributed by atoms with Gasteiger partial charge in [-0.3, -0.25) is 4.90 Å². The highest BCUT2D eigenvalue weighted by atomic mass is 32.2. The van der Waals surface area contributed by atoms with Gasteiger partial charge in [0.25, 0.3) is 0 Å². The molecule has 5 rings (SSSR count). The van der Waals surface area contributed by atoms with Crippen molar-refractivity contribution in [3.8, 4) is 11.3 Å². The van der Waals surface area contributed by atoms with Crippen molar-refractivity contribution in [1.29, 1.82) is 0 Å². The van der Waals surface area contributed by atoms with E-state index in [9.17, 15) is 39.6 Å². The summed E-state index contributed by atoms with van der Waals surface area (Å²) in [6.45, 7) is 7.58. The van der Waals surface area contributed by atoms with Crippen molar-refractivity contribution in [1.82, 2.24) is 15.2 Å². The minimum Gasteiger partial charge on any atom is -0.354 e. The van der Waals surface area contributed by atoms with Crippen LogP contribution >= 0.6 is 0 Å². The molecule has 2 aliphatic rings. The lowest BCUT2D eigenvalue weighted by Gasteiger charge is -2.36. The predicted molar refractivity (Wildman–Crippen MR) is 168 cm³/mol. The molecule has 0 saturated carbocycles. The summed E-state index contributed by atoms with van der Waals surface area (Å²) >= 11 is 0. The number of benzene rings is 2. The summed E-state index contributed by atoms with van der Waals surface area (Å²) in [4.78, 5) is 22.4. The van der Waals surface area contributed by atoms with Crippen molar-refractivity contribution < 1.29 is 43.4 Å². The van der Waals surface area contributed by atoms with Gasteiger partial charge < -0.3 is 10.2 Å². The number of urea groups is 1. The van der Waals surface area contributed by atoms with E-state index in [0.717, 1.165) is 56.0 Å². The van der Waals surface area contributed by atoms with Crippen molar-refractivity contribution in [3.63, 3.8) is 0 Å². The van der Waals surface area contributed by atoms with Gasteiger partial charge in [0.2, 0.25) is 0 Å². The van der Waals surface area contributed by atoms with E-state index in [-0.39, 0.29) is 6.54 Å². The molecule has 3 aromatic rings. The van der Waals surface area contributed by atoms with Crippen molar-refractivity contribution in [2.75, 3.05) is 44.2 Å². The Morgan fingerprint density at radius 1 is 1.02 bits per heavy atom. The van der Waals surface area contributed by atoms with Crippen LogP contribution in [0.5, 0.6) is 0 Å². The standard InChI is InChI=1S/C33H37F6N5O3S/c1-22(2)20-42-12-14-43(15-13-42)30-17-24(16-29(41-30)25-4-6-26(7-5-25)33(37,38)39)19-40-31(45)44(21-32(35,36)18-23(44)3)48(46,47)28-10-8-27(34)9-11-28/h4-11,16-17,22-23H,12-15,18-21H2,1-3H3/p+1/t23-,44?/m1/s1. The van der Waals surface area contributed by atoms with Gasteiger partial charge in [-0.1, -0.05) is 26.0 Å². The highest BCUT2D eigenvalue weighted by molar-refractivity contribution is 7.86. The van der Waals surface area contributed by atoms with E-state index >= 15 is 0 Å². The summed E-state index contributed by atoms with van der Waals surface area (Å²) in [5, 5.41) is 2.55. The number of aromatic nitrogens is 1. The number of hydrogen-bond acceptors (Lipinski definition) is 6. The predicted octanol–water partition coefficient (Wildman–Crippen LogP) is 6.53. The number of carbonyl (C=O) groups is 1. The molecular weight excluding hydrogens is 660 g/mol. The van der Waals surface area contributed by atoms with Gasteiger partial charge in [0, 0.05) is 44.8 Å². The van der Waals surface area contributed by atoms with Crippen LogP contribution in [0.1, 0.15) is 38.3 Å². The molecule has 2 amide bonds. The molecule has 2 aliphatic heterocycles. The molecule has 1 aromatic heterocycles. The molecule has 15 heteroatoms. The van der Waals surface area contributed by atoms with Gasteiger partial charge in [-0.2, -0.15) is 21.6 Å². The first-order valence-corrected chi connectivity index (χ1v) is 17.1. The SMILES string of the molecule is CC(C)CN1CCN(c2cc(CNC(=O)[N+]3(S(=O)(=O)c4ccc(F)cc4)CC(F)(F)C[C@H]3C)cc(-c3ccc(C(F)(F)F)cc3)n2)CC1. The number of piperazine rings is 1. The van der Waals surface area contributed by atoms with Crippen LogP contribution in [0.3, 0.4) is 0 Å². The number of hydrogen-bond donors (Lipinski definition) is 1. The molecule has 260 valence electrons. The van der Waals surface area contributed by atoms with E-state index in [0.29, 0.717) is 41.6 Å². The fraction of sp³-hybridized carbons (Fsp3) is 0.455. The molecule has 48 heavy (non-hydrogen) atoms. The van der Waals surface area contributed by atoms with E-state index in [2.05, 4.69) is 24.1 Å². The third-order valence-corrected chi connectivity index (χ3v) is 11.2. The first-order valence-electron chi connectivity index (χ1n) is 15.6. The molecule has 8 nitrogen and oxygen atoms in total. The van der Waals surface area contributed by atoms with Crippen molar-refractivity contribution >= 4 is 21.9 Å². The van der Waals surface area contributed by atoms with Crippen LogP contribution in [-0.2, 0) is 22.7 Å². The lowest BCUT2D eigenvalue weighted by atomic mass is 10.1. The van der Waals surface area contributed by atoms with E-state index in [1.807, 2.05) is 4.90 Å². The van der Waals surface area contributed by atoms with Gasteiger partial charge in [0.15, 0.2) is 6.54 Å². The zero-order chi connectivity index (χ0) is 35.1. The second-order valence-electron chi connectivity index (χ2n) is 12.9. The Labute approximate surface area is 276 Å². The highest BCUT2D eigenvalue weighted by Crippen LogP contribution is 2.43. The Morgan fingerprint density at radius 2 is 1.65 bits per heavy atom. The fourth-order valence-corrected chi connectivity index (χ4v) is 8.49. The average molecular weight is 699 g/mol. The third-order valence-electron chi connectivity index (χ3n) is 8.80. The summed E-state index contributed by atoms with van der Waals surface area (Å²) < 4.78 is 109. The second-order valence-corrected chi connectivity index (χ2v) is 15.0. The van der Waals surface area contributed by atoms with Crippen LogP contribution in [0, 0.1) is 11.7 Å². The van der Waals surface area contributed by atoms with E-state index in [4.69, 9.17) is 4.98 Å². The number of amides is 2. The lowest BCUT2D eigenvalue weighted by molar-refractivity contribution is -0.738. The minimum absolute atomic E-state index is 0.285. The topological polar surface area (TPSA) is 82.6 Å². The van der Waals surface area contributed by atoms with Crippen LogP contribution in [0.15, 0.2) is 65.6 Å². The summed E-state index contributed by atoms with van der Waals surface area (Å²) in [5.41, 5.74) is 0.304. The number of quaternary nitrogens is 1. The maximum atomic E-state index is 14.8. The monoisotopic (exact) mass is 698 g/mol. The van der Waals surface area contributed by atoms with Crippen LogP contribution < -0.4 is 10.2 Å². The van der Waals surface area contributed by atoms with E-state index in [1.54, 1.807) is 12.1 Å². The van der Waals surface area contributed by atoms with Crippen LogP contribution in [0.25, 0.3) is 11.3 Å². The number of anilines is 1. The van der Waals surface area contributed by atoms with Gasteiger partial charge >= 0.3 is 28.2 Å². The highest BCUT2D eigenvalue weighted by Gasteiger charge is 2.66. The zero-order valence-electron chi connectivity index (χ0n) is 26.8. The molecule has 3 heterocycles. The molecule has 1 unspecified atom stereocenters. The maximum Gasteiger partial charge on any atom is 0.432 e. The summed E-state index contributed by atoms with van der Waals surface area (Å²) in [7, 11) is -4.79. The van der Waals surface area contributed by atoms with Crippen LogP contribution in [0.4, 0.5) is 37.0 Å². The van der Waals surface area contributed by atoms with Gasteiger partial charge in [-0.15, -0.1) is 3.89 Å². The molecule has 0 spiro atoms. The lowest BCUT2D eigenvalue weighted by Crippen LogP contribution is -2.62. The van der Waals surface area contributed by atoms with Crippen LogP contribution in [0.2, 0.25) is 0 Å². The normalized spacial score (nSPS) is 21.9. The Balaban J connectivity index is 1.47. The first-order chi connectivity index (χ1) is 22.4. The van der Waals surface area contributed by atoms with Crippen molar-refractivity contribution in [2.45, 2.75) is 56.8 Å². The van der Waals surface area contributed by atoms with E-state index in [1.165, 1.54) is 19.1 Å². The number of likely N-dealkylation sites (tertiary alicyclic amines) is 1. The first kappa shape index (κ1) is 35.6. The Hall–Kier alpha value is -3.69. The summed E-state index contributed by atoms with van der Waals surface area (Å²) in [5.74, 6) is -3.22. The molecule has 0 aliphatic carbocycles. The molecule has 2 atom stereocenters. The Kier molecular flexibility index (Phi) is 9.88. The molecule has 0 bridgehead atoms. The number of pyridine rings is 1. The quantitative estimate of drug-likeness (QED) is 0.213. The number of nitrogens with zero attached hydrogens (tertiary/aromatic N) is 4. The van der Waals surface area contributed by atoms with Crippen molar-refractivity contribution in [3.05, 3.63) is 77.6 Å². The number of nitrogens with one attached hydrogen (secondary N) is 1. The number of halogens is 6. The summed E-state index contributed by atoms with van der Waals surface area (Å²) in [6.07, 6.45) is -5.39. The van der Waals surface area contributed by atoms with Gasteiger partial charge in [0.1, 0.15) is 22.6 Å². The molecule has 2 aromatic carbocycles. The van der Waals surface area contributed by atoms with E-state index < -0.39 is 67.3 Å². The Morgan fingerprint density at radius 3 is 2.19 bits per heavy atom. The number of alkyl halides is 5. The largest absolute Gasteiger partial charge is 0.432 e. The molecular formula is C33H38F6N5O3S+. The summed E-state index contributed by atoms with van der Waals surface area (Å²) in [6, 6.07) is 8.83. The second kappa shape index (κ2) is 13.3. The number of carbonyl (C=O) groups excluding carboxylic acids is 1. The Bertz CT molecular complexity index is 1730. The number of rotatable bonds is 8. The van der Waals surface area contributed by atoms with Crippen molar-refractivity contribution in [2.24, 2.45) is 5.92 Å². The molecule has 0 radical (unpaired) electrons. The smallest absolute Gasteiger partial charge is 0.354 e. The van der Waals surface area contributed by atoms with Gasteiger partial charge in [0.05, 0.1) is 17.7 Å². The molecule has 1 N–H and O–H groups in total. The van der Waals surface area contributed by atoms with Gasteiger partial charge in [-0.25, -0.2) is 22.9 Å². The number of sulfonamides is 1. The molecule has 2 fully saturated rings.